The van der Waals surface area contributed by atoms with Gasteiger partial charge in [-0.05, 0) is 51.1 Å². The van der Waals surface area contributed by atoms with Gasteiger partial charge in [0.15, 0.2) is 5.96 Å². The van der Waals surface area contributed by atoms with Crippen molar-refractivity contribution in [3.05, 3.63) is 0 Å². The van der Waals surface area contributed by atoms with Gasteiger partial charge in [-0.2, -0.15) is 0 Å². The number of aliphatic imine (C=N–C) groups is 1. The minimum Gasteiger partial charge on any atom is -0.357 e. The van der Waals surface area contributed by atoms with Gasteiger partial charge in [0, 0.05) is 18.6 Å². The first-order chi connectivity index (χ1) is 9.61. The van der Waals surface area contributed by atoms with Crippen LogP contribution in [0.1, 0.15) is 47.0 Å². The lowest BCUT2D eigenvalue weighted by Crippen LogP contribution is -2.43. The first-order valence-electron chi connectivity index (χ1n) is 8.40. The fraction of sp³-hybridized carbons (Fsp3) is 0.938. The van der Waals surface area contributed by atoms with Crippen molar-refractivity contribution < 1.29 is 0 Å². The van der Waals surface area contributed by atoms with Gasteiger partial charge < -0.3 is 10.6 Å². The van der Waals surface area contributed by atoms with E-state index >= 15 is 0 Å². The van der Waals surface area contributed by atoms with E-state index in [2.05, 4.69) is 43.2 Å². The highest BCUT2D eigenvalue weighted by molar-refractivity contribution is 14.0. The van der Waals surface area contributed by atoms with Crippen LogP contribution in [0.2, 0.25) is 0 Å². The first-order valence-corrected chi connectivity index (χ1v) is 8.40. The van der Waals surface area contributed by atoms with Crippen LogP contribution in [0, 0.1) is 11.8 Å². The molecule has 3 atom stereocenters. The summed E-state index contributed by atoms with van der Waals surface area (Å²) in [5.74, 6) is 2.48. The minimum absolute atomic E-state index is 0. The Labute approximate surface area is 147 Å². The van der Waals surface area contributed by atoms with Gasteiger partial charge in [0.1, 0.15) is 0 Å². The van der Waals surface area contributed by atoms with Gasteiger partial charge in [0.2, 0.25) is 0 Å². The third-order valence-corrected chi connectivity index (χ3v) is 4.59. The zero-order chi connectivity index (χ0) is 14.5. The Bertz CT molecular complexity index is 326. The Hall–Kier alpha value is -0.0400. The van der Waals surface area contributed by atoms with Crippen LogP contribution >= 0.6 is 24.0 Å². The van der Waals surface area contributed by atoms with Crippen LogP contribution < -0.4 is 10.6 Å². The van der Waals surface area contributed by atoms with Gasteiger partial charge in [-0.15, -0.1) is 24.0 Å². The highest BCUT2D eigenvalue weighted by Crippen LogP contribution is 2.28. The topological polar surface area (TPSA) is 39.7 Å². The van der Waals surface area contributed by atoms with E-state index in [9.17, 15) is 0 Å². The molecule has 1 aliphatic heterocycles. The summed E-state index contributed by atoms with van der Waals surface area (Å²) in [6.07, 6.45) is 3.99. The van der Waals surface area contributed by atoms with Gasteiger partial charge in [0.25, 0.3) is 0 Å². The summed E-state index contributed by atoms with van der Waals surface area (Å²) in [4.78, 5) is 7.47. The highest BCUT2D eigenvalue weighted by Gasteiger charge is 2.33. The van der Waals surface area contributed by atoms with Crippen LogP contribution in [0.4, 0.5) is 0 Å². The van der Waals surface area contributed by atoms with Gasteiger partial charge in [-0.25, -0.2) is 0 Å². The van der Waals surface area contributed by atoms with E-state index in [0.29, 0.717) is 18.0 Å². The smallest absolute Gasteiger partial charge is 0.191 e. The van der Waals surface area contributed by atoms with E-state index < -0.39 is 0 Å². The average Bonchev–Trinajstić information content (AvgIpc) is 2.89. The lowest BCUT2D eigenvalue weighted by atomic mass is 10.0. The molecule has 1 aliphatic carbocycles. The fourth-order valence-corrected chi connectivity index (χ4v) is 3.02. The standard InChI is InChI=1S/C16H32N4.HI/c1-5-17-16(19-14-10-13(14)4)18-11-15(12(2)3)20-8-6-7-9-20;/h12-15H,5-11H2,1-4H3,(H2,17,18,19);1H. The predicted octanol–water partition coefficient (Wildman–Crippen LogP) is 2.69. The minimum atomic E-state index is 0. The number of hydrogen-bond acceptors (Lipinski definition) is 2. The second-order valence-electron chi connectivity index (χ2n) is 6.74. The quantitative estimate of drug-likeness (QED) is 0.403. The summed E-state index contributed by atoms with van der Waals surface area (Å²) in [6.45, 7) is 13.4. The molecule has 2 rings (SSSR count). The van der Waals surface area contributed by atoms with Crippen LogP contribution in [-0.2, 0) is 0 Å². The molecule has 1 heterocycles. The Morgan fingerprint density at radius 2 is 1.90 bits per heavy atom. The molecule has 4 nitrogen and oxygen atoms in total. The van der Waals surface area contributed by atoms with Crippen LogP contribution in [0.15, 0.2) is 4.99 Å². The molecule has 1 saturated heterocycles. The lowest BCUT2D eigenvalue weighted by Gasteiger charge is -2.29. The molecule has 0 radical (unpaired) electrons. The molecule has 0 aromatic heterocycles. The summed E-state index contributed by atoms with van der Waals surface area (Å²) in [5.41, 5.74) is 0. The number of likely N-dealkylation sites (tertiary alicyclic amines) is 1. The molecule has 0 aromatic rings. The number of guanidine groups is 1. The fourth-order valence-electron chi connectivity index (χ4n) is 3.02. The normalized spacial score (nSPS) is 27.4. The molecular weight excluding hydrogens is 375 g/mol. The van der Waals surface area contributed by atoms with Crippen LogP contribution in [0.5, 0.6) is 0 Å². The van der Waals surface area contributed by atoms with Crippen molar-refractivity contribution in [2.75, 3.05) is 26.2 Å². The molecule has 0 aromatic carbocycles. The van der Waals surface area contributed by atoms with Crippen LogP contribution in [-0.4, -0.2) is 49.1 Å². The lowest BCUT2D eigenvalue weighted by molar-refractivity contribution is 0.197. The second-order valence-corrected chi connectivity index (χ2v) is 6.74. The molecule has 3 unspecified atom stereocenters. The Morgan fingerprint density at radius 3 is 2.38 bits per heavy atom. The number of halogens is 1. The molecule has 0 bridgehead atoms. The zero-order valence-electron chi connectivity index (χ0n) is 14.1. The maximum absolute atomic E-state index is 4.85. The first kappa shape index (κ1) is 19.0. The van der Waals surface area contributed by atoms with E-state index in [4.69, 9.17) is 4.99 Å². The van der Waals surface area contributed by atoms with Crippen molar-refractivity contribution in [1.82, 2.24) is 15.5 Å². The van der Waals surface area contributed by atoms with E-state index in [-0.39, 0.29) is 24.0 Å². The van der Waals surface area contributed by atoms with E-state index in [1.165, 1.54) is 32.4 Å². The monoisotopic (exact) mass is 408 g/mol. The Morgan fingerprint density at radius 1 is 1.29 bits per heavy atom. The van der Waals surface area contributed by atoms with E-state index in [0.717, 1.165) is 25.0 Å². The van der Waals surface area contributed by atoms with Crippen LogP contribution in [0.3, 0.4) is 0 Å². The number of nitrogens with zero attached hydrogens (tertiary/aromatic N) is 2. The molecule has 1 saturated carbocycles. The summed E-state index contributed by atoms with van der Waals surface area (Å²) in [6, 6.07) is 1.22. The number of hydrogen-bond donors (Lipinski definition) is 2. The molecule has 2 N–H and O–H groups in total. The van der Waals surface area contributed by atoms with Gasteiger partial charge >= 0.3 is 0 Å². The highest BCUT2D eigenvalue weighted by atomic mass is 127. The maximum Gasteiger partial charge on any atom is 0.191 e. The predicted molar refractivity (Wildman–Crippen MR) is 102 cm³/mol. The van der Waals surface area contributed by atoms with Crippen molar-refractivity contribution >= 4 is 29.9 Å². The number of rotatable bonds is 6. The summed E-state index contributed by atoms with van der Waals surface area (Å²) in [5, 5.41) is 6.93. The van der Waals surface area contributed by atoms with E-state index in [1.54, 1.807) is 0 Å². The van der Waals surface area contributed by atoms with Crippen molar-refractivity contribution in [3.63, 3.8) is 0 Å². The summed E-state index contributed by atoms with van der Waals surface area (Å²) < 4.78 is 0. The average molecular weight is 408 g/mol. The van der Waals surface area contributed by atoms with Crippen LogP contribution in [0.25, 0.3) is 0 Å². The summed E-state index contributed by atoms with van der Waals surface area (Å²) in [7, 11) is 0. The Kier molecular flexibility index (Phi) is 8.31. The molecule has 2 aliphatic rings. The van der Waals surface area contributed by atoms with Gasteiger partial charge in [0.05, 0.1) is 6.54 Å². The maximum atomic E-state index is 4.85. The van der Waals surface area contributed by atoms with Crippen molar-refractivity contribution in [3.8, 4) is 0 Å². The molecule has 124 valence electrons. The number of nitrogens with one attached hydrogen (secondary N) is 2. The van der Waals surface area contributed by atoms with Crippen molar-refractivity contribution in [2.45, 2.75) is 59.0 Å². The van der Waals surface area contributed by atoms with Gasteiger partial charge in [-0.3, -0.25) is 9.89 Å². The summed E-state index contributed by atoms with van der Waals surface area (Å²) >= 11 is 0. The van der Waals surface area contributed by atoms with E-state index in [1.807, 2.05) is 0 Å². The zero-order valence-corrected chi connectivity index (χ0v) is 16.4. The second kappa shape index (κ2) is 9.18. The molecule has 21 heavy (non-hydrogen) atoms. The van der Waals surface area contributed by atoms with Crippen molar-refractivity contribution in [2.24, 2.45) is 16.8 Å². The third kappa shape index (κ3) is 5.93. The molecular formula is C16H33IN4. The SMILES string of the molecule is CCNC(=NCC(C(C)C)N1CCCC1)NC1CC1C.I. The largest absolute Gasteiger partial charge is 0.357 e. The van der Waals surface area contributed by atoms with Gasteiger partial charge in [-0.1, -0.05) is 20.8 Å². The molecule has 2 fully saturated rings. The molecule has 0 spiro atoms. The molecule has 5 heteroatoms. The third-order valence-electron chi connectivity index (χ3n) is 4.59. The Balaban J connectivity index is 0.00000220. The van der Waals surface area contributed by atoms with Crippen molar-refractivity contribution in [1.29, 1.82) is 0 Å². The molecule has 0 amide bonds.